The molecule has 0 atom stereocenters. The molecule has 6 heteroatoms. The molecule has 0 amide bonds. The molecule has 0 aliphatic heterocycles. The Bertz CT molecular complexity index is 361. The van der Waals surface area contributed by atoms with Crippen LogP contribution in [-0.2, 0) is 19.4 Å². The minimum atomic E-state index is -4.10. The number of halogens is 3. The lowest BCUT2D eigenvalue weighted by molar-refractivity contribution is -0.134. The second kappa shape index (κ2) is 7.09. The third-order valence-electron chi connectivity index (χ3n) is 2.49. The third kappa shape index (κ3) is 5.35. The fraction of sp³-hybridized carbons (Fsp3) is 0.750. The number of hydrogen-bond donors (Lipinski definition) is 1. The zero-order chi connectivity index (χ0) is 13.6. The minimum absolute atomic E-state index is 0.00502. The molecule has 1 rings (SSSR count). The van der Waals surface area contributed by atoms with Crippen LogP contribution in [0.25, 0.3) is 0 Å². The van der Waals surface area contributed by atoms with Crippen LogP contribution in [0.2, 0.25) is 0 Å². The lowest BCUT2D eigenvalue weighted by Crippen LogP contribution is -2.13. The molecule has 0 aliphatic rings. The quantitative estimate of drug-likeness (QED) is 0.770. The Morgan fingerprint density at radius 2 is 2.00 bits per heavy atom. The van der Waals surface area contributed by atoms with Crippen molar-refractivity contribution in [2.75, 3.05) is 6.54 Å². The summed E-state index contributed by atoms with van der Waals surface area (Å²) >= 11 is 1.40. The van der Waals surface area contributed by atoms with Gasteiger partial charge in [-0.2, -0.15) is 13.2 Å². The van der Waals surface area contributed by atoms with Crippen LogP contribution in [0.15, 0.2) is 0 Å². The molecule has 1 aromatic heterocycles. The van der Waals surface area contributed by atoms with Crippen LogP contribution in [0.5, 0.6) is 0 Å². The predicted octanol–water partition coefficient (Wildman–Crippen LogP) is 3.70. The van der Waals surface area contributed by atoms with Crippen molar-refractivity contribution in [2.45, 2.75) is 52.3 Å². The molecule has 104 valence electrons. The number of thiazole rings is 1. The van der Waals surface area contributed by atoms with E-state index in [1.807, 2.05) is 6.92 Å². The largest absolute Gasteiger partial charge is 0.389 e. The minimum Gasteiger partial charge on any atom is -0.312 e. The van der Waals surface area contributed by atoms with Gasteiger partial charge < -0.3 is 5.32 Å². The van der Waals surface area contributed by atoms with Gasteiger partial charge in [-0.3, -0.25) is 0 Å². The zero-order valence-corrected chi connectivity index (χ0v) is 11.5. The van der Waals surface area contributed by atoms with E-state index in [9.17, 15) is 13.2 Å². The summed E-state index contributed by atoms with van der Waals surface area (Å²) in [5.41, 5.74) is 0.931. The van der Waals surface area contributed by atoms with E-state index in [2.05, 4.69) is 17.2 Å². The Kier molecular flexibility index (Phi) is 6.08. The highest BCUT2D eigenvalue weighted by Gasteiger charge is 2.27. The van der Waals surface area contributed by atoms with Crippen molar-refractivity contribution in [3.63, 3.8) is 0 Å². The van der Waals surface area contributed by atoms with Gasteiger partial charge in [-0.1, -0.05) is 13.8 Å². The average molecular weight is 280 g/mol. The van der Waals surface area contributed by atoms with E-state index in [-0.39, 0.29) is 6.42 Å². The van der Waals surface area contributed by atoms with Crippen molar-refractivity contribution in [1.29, 1.82) is 0 Å². The van der Waals surface area contributed by atoms with Gasteiger partial charge in [-0.15, -0.1) is 11.3 Å². The Labute approximate surface area is 110 Å². The number of nitrogens with zero attached hydrogens (tertiary/aromatic N) is 1. The van der Waals surface area contributed by atoms with Crippen LogP contribution < -0.4 is 5.32 Å². The molecule has 18 heavy (non-hydrogen) atoms. The monoisotopic (exact) mass is 280 g/mol. The number of rotatable bonds is 7. The normalized spacial score (nSPS) is 12.1. The SMILES string of the molecule is CCCNCc1sc(CCC(F)(F)F)nc1CC. The Morgan fingerprint density at radius 1 is 1.28 bits per heavy atom. The summed E-state index contributed by atoms with van der Waals surface area (Å²) in [5.74, 6) is 0. The summed E-state index contributed by atoms with van der Waals surface area (Å²) < 4.78 is 36.4. The zero-order valence-electron chi connectivity index (χ0n) is 10.7. The van der Waals surface area contributed by atoms with Crippen LogP contribution in [0.3, 0.4) is 0 Å². The topological polar surface area (TPSA) is 24.9 Å². The fourth-order valence-electron chi connectivity index (χ4n) is 1.59. The molecule has 0 aliphatic carbocycles. The maximum Gasteiger partial charge on any atom is 0.389 e. The van der Waals surface area contributed by atoms with Crippen molar-refractivity contribution < 1.29 is 13.2 Å². The third-order valence-corrected chi connectivity index (χ3v) is 3.65. The molecular weight excluding hydrogens is 261 g/mol. The van der Waals surface area contributed by atoms with Crippen LogP contribution in [0.4, 0.5) is 13.2 Å². The van der Waals surface area contributed by atoms with Crippen molar-refractivity contribution in [1.82, 2.24) is 10.3 Å². The van der Waals surface area contributed by atoms with Crippen molar-refractivity contribution in [3.05, 3.63) is 15.6 Å². The van der Waals surface area contributed by atoms with Gasteiger partial charge in [0.1, 0.15) is 0 Å². The molecule has 0 saturated heterocycles. The first-order chi connectivity index (χ1) is 8.46. The predicted molar refractivity (Wildman–Crippen MR) is 67.9 cm³/mol. The summed E-state index contributed by atoms with van der Waals surface area (Å²) in [7, 11) is 0. The van der Waals surface area contributed by atoms with Gasteiger partial charge in [0.05, 0.1) is 10.7 Å². The molecule has 0 saturated carbocycles. The summed E-state index contributed by atoms with van der Waals surface area (Å²) in [4.78, 5) is 5.36. The highest BCUT2D eigenvalue weighted by Crippen LogP contribution is 2.26. The maximum absolute atomic E-state index is 12.1. The highest BCUT2D eigenvalue weighted by molar-refractivity contribution is 7.11. The first-order valence-corrected chi connectivity index (χ1v) is 7.02. The second-order valence-corrected chi connectivity index (χ2v) is 5.29. The smallest absolute Gasteiger partial charge is 0.312 e. The van der Waals surface area contributed by atoms with E-state index < -0.39 is 12.6 Å². The first-order valence-electron chi connectivity index (χ1n) is 6.21. The van der Waals surface area contributed by atoms with Gasteiger partial charge in [0, 0.05) is 24.3 Å². The van der Waals surface area contributed by atoms with Gasteiger partial charge in [-0.05, 0) is 19.4 Å². The number of alkyl halides is 3. The van der Waals surface area contributed by atoms with Gasteiger partial charge in [0.25, 0.3) is 0 Å². The van der Waals surface area contributed by atoms with E-state index in [4.69, 9.17) is 0 Å². The molecule has 0 unspecified atom stereocenters. The van der Waals surface area contributed by atoms with Crippen LogP contribution in [-0.4, -0.2) is 17.7 Å². The van der Waals surface area contributed by atoms with Crippen LogP contribution in [0, 0.1) is 0 Å². The van der Waals surface area contributed by atoms with Crippen LogP contribution >= 0.6 is 11.3 Å². The fourth-order valence-corrected chi connectivity index (χ4v) is 2.71. The number of nitrogens with one attached hydrogen (secondary N) is 1. The molecule has 1 aromatic rings. The molecule has 1 N–H and O–H groups in total. The summed E-state index contributed by atoms with van der Waals surface area (Å²) in [6, 6.07) is 0. The van der Waals surface area contributed by atoms with Crippen molar-refractivity contribution >= 4 is 11.3 Å². The van der Waals surface area contributed by atoms with Crippen LogP contribution in [0.1, 0.15) is 42.3 Å². The van der Waals surface area contributed by atoms with E-state index in [1.54, 1.807) is 0 Å². The maximum atomic E-state index is 12.1. The van der Waals surface area contributed by atoms with Crippen molar-refractivity contribution in [3.8, 4) is 0 Å². The summed E-state index contributed by atoms with van der Waals surface area (Å²) in [6.45, 7) is 5.68. The molecule has 0 spiro atoms. The average Bonchev–Trinajstić information content (AvgIpc) is 2.69. The number of hydrogen-bond acceptors (Lipinski definition) is 3. The lowest BCUT2D eigenvalue weighted by atomic mass is 10.3. The van der Waals surface area contributed by atoms with Gasteiger partial charge in [-0.25, -0.2) is 4.98 Å². The van der Waals surface area contributed by atoms with E-state index >= 15 is 0 Å². The second-order valence-electron chi connectivity index (χ2n) is 4.12. The van der Waals surface area contributed by atoms with E-state index in [0.717, 1.165) is 30.0 Å². The molecule has 0 bridgehead atoms. The standard InChI is InChI=1S/C12H19F3N2S/c1-3-7-16-8-10-9(4-2)17-11(18-10)5-6-12(13,14)15/h16H,3-8H2,1-2H3. The first kappa shape index (κ1) is 15.4. The Hall–Kier alpha value is -0.620. The number of aryl methyl sites for hydroxylation is 2. The van der Waals surface area contributed by atoms with Gasteiger partial charge >= 0.3 is 6.18 Å². The van der Waals surface area contributed by atoms with E-state index in [0.29, 0.717) is 11.6 Å². The molecule has 2 nitrogen and oxygen atoms in total. The summed E-state index contributed by atoms with van der Waals surface area (Å²) in [5, 5.41) is 3.85. The molecule has 0 fully saturated rings. The lowest BCUT2D eigenvalue weighted by Gasteiger charge is -2.02. The summed E-state index contributed by atoms with van der Waals surface area (Å²) in [6.07, 6.45) is -3.08. The molecule has 0 aromatic carbocycles. The number of aromatic nitrogens is 1. The molecule has 0 radical (unpaired) electrons. The highest BCUT2D eigenvalue weighted by atomic mass is 32.1. The van der Waals surface area contributed by atoms with Gasteiger partial charge in [0.15, 0.2) is 0 Å². The Balaban J connectivity index is 2.59. The molecular formula is C12H19F3N2S. The van der Waals surface area contributed by atoms with E-state index in [1.165, 1.54) is 11.3 Å². The van der Waals surface area contributed by atoms with Crippen molar-refractivity contribution in [2.24, 2.45) is 0 Å². The molecule has 1 heterocycles. The Morgan fingerprint density at radius 3 is 2.56 bits per heavy atom. The van der Waals surface area contributed by atoms with Gasteiger partial charge in [0.2, 0.25) is 0 Å².